The molecule has 0 unspecified atom stereocenters. The van der Waals surface area contributed by atoms with E-state index in [0.29, 0.717) is 5.56 Å². The summed E-state index contributed by atoms with van der Waals surface area (Å²) in [6.45, 7) is 6.08. The van der Waals surface area contributed by atoms with Crippen LogP contribution in [0.25, 0.3) is 10.4 Å². The Labute approximate surface area is 257 Å². The second kappa shape index (κ2) is 16.0. The standard InChI is InChI=1S/C29H33N5O11/c1-16-17(2)27(42-19(4)36)28(45-26(16)18(3)35)44-24-12-7-20(14-23(24)32-25(37)6-5-13-31-33-30)15-41-29(38)43-22-10-8-21(9-11-22)34(39)40/h7-12,14,16-17,26-28H,5-6,13,15H2,1-4H3,(H,32,37)/t16-,17-,26-,27+,28+/m0/s1. The van der Waals surface area contributed by atoms with Crippen molar-refractivity contribution in [3.63, 3.8) is 0 Å². The van der Waals surface area contributed by atoms with Crippen molar-refractivity contribution >= 4 is 35.2 Å². The highest BCUT2D eigenvalue weighted by atomic mass is 16.7. The fraction of sp³-hybridized carbons (Fsp3) is 0.448. The third-order valence-corrected chi connectivity index (χ3v) is 6.97. The summed E-state index contributed by atoms with van der Waals surface area (Å²) in [6.07, 6.45) is -3.70. The van der Waals surface area contributed by atoms with E-state index in [9.17, 15) is 29.3 Å². The molecule has 0 spiro atoms. The van der Waals surface area contributed by atoms with Crippen LogP contribution in [0.3, 0.4) is 0 Å². The van der Waals surface area contributed by atoms with Crippen LogP contribution in [0.1, 0.15) is 46.1 Å². The van der Waals surface area contributed by atoms with Gasteiger partial charge >= 0.3 is 12.1 Å². The summed E-state index contributed by atoms with van der Waals surface area (Å²) in [7, 11) is 0. The number of rotatable bonds is 13. The van der Waals surface area contributed by atoms with E-state index in [0.717, 1.165) is 0 Å². The van der Waals surface area contributed by atoms with Crippen LogP contribution in [0.15, 0.2) is 47.6 Å². The highest BCUT2D eigenvalue weighted by molar-refractivity contribution is 5.92. The van der Waals surface area contributed by atoms with Crippen molar-refractivity contribution in [3.8, 4) is 11.5 Å². The first-order chi connectivity index (χ1) is 21.4. The predicted octanol–water partition coefficient (Wildman–Crippen LogP) is 5.24. The average molecular weight is 628 g/mol. The number of nitrogens with zero attached hydrogens (tertiary/aromatic N) is 4. The van der Waals surface area contributed by atoms with Gasteiger partial charge in [0.2, 0.25) is 12.2 Å². The number of amides is 1. The molecule has 16 heteroatoms. The van der Waals surface area contributed by atoms with Crippen molar-refractivity contribution in [2.75, 3.05) is 11.9 Å². The summed E-state index contributed by atoms with van der Waals surface area (Å²) in [4.78, 5) is 62.1. The van der Waals surface area contributed by atoms with Crippen LogP contribution >= 0.6 is 0 Å². The summed E-state index contributed by atoms with van der Waals surface area (Å²) in [6, 6.07) is 9.35. The van der Waals surface area contributed by atoms with Gasteiger partial charge in [-0.3, -0.25) is 24.5 Å². The Balaban J connectivity index is 1.81. The van der Waals surface area contributed by atoms with E-state index >= 15 is 0 Å². The van der Waals surface area contributed by atoms with Gasteiger partial charge < -0.3 is 29.0 Å². The van der Waals surface area contributed by atoms with Gasteiger partial charge in [-0.05, 0) is 54.6 Å². The number of hydrogen-bond donors (Lipinski definition) is 1. The van der Waals surface area contributed by atoms with E-state index in [1.807, 2.05) is 13.8 Å². The van der Waals surface area contributed by atoms with E-state index in [2.05, 4.69) is 15.3 Å². The van der Waals surface area contributed by atoms with Crippen LogP contribution in [-0.2, 0) is 35.2 Å². The van der Waals surface area contributed by atoms with E-state index in [1.54, 1.807) is 6.07 Å². The Morgan fingerprint density at radius 2 is 1.80 bits per heavy atom. The largest absolute Gasteiger partial charge is 0.514 e. The number of carbonyl (C=O) groups excluding carboxylic acids is 4. The molecule has 0 saturated carbocycles. The lowest BCUT2D eigenvalue weighted by molar-refractivity contribution is -0.384. The molecule has 0 bridgehead atoms. The molecule has 1 amide bonds. The number of carbonyl (C=O) groups is 4. The molecule has 1 saturated heterocycles. The van der Waals surface area contributed by atoms with Crippen LogP contribution in [0.4, 0.5) is 16.2 Å². The first kappa shape index (κ1) is 34.3. The van der Waals surface area contributed by atoms with Crippen LogP contribution in [0.5, 0.6) is 11.5 Å². The Morgan fingerprint density at radius 1 is 1.09 bits per heavy atom. The number of ketones is 1. The SMILES string of the molecule is CC(=O)O[C@H]1[C@H](Oc2ccc(COC(=O)Oc3ccc([N+](=O)[O-])cc3)cc2NC(=O)CCCN=[N+]=[N-])O[C@H](C(C)=O)[C@@H](C)[C@@H]1C. The monoisotopic (exact) mass is 627 g/mol. The minimum atomic E-state index is -1.20. The molecule has 5 atom stereocenters. The molecule has 2 aromatic carbocycles. The first-order valence-electron chi connectivity index (χ1n) is 13.9. The molecular weight excluding hydrogens is 594 g/mol. The minimum Gasteiger partial charge on any atom is -0.459 e. The fourth-order valence-corrected chi connectivity index (χ4v) is 4.55. The maximum atomic E-state index is 12.7. The van der Waals surface area contributed by atoms with Gasteiger partial charge in [0, 0.05) is 42.9 Å². The lowest BCUT2D eigenvalue weighted by Crippen LogP contribution is -2.55. The molecule has 1 N–H and O–H groups in total. The summed E-state index contributed by atoms with van der Waals surface area (Å²) in [5.41, 5.74) is 8.86. The number of nitro groups is 1. The fourth-order valence-electron chi connectivity index (χ4n) is 4.55. The van der Waals surface area contributed by atoms with Crippen LogP contribution in [-0.4, -0.2) is 53.8 Å². The number of Topliss-reactive ketones (excluding diaryl/α,β-unsaturated/α-hetero) is 1. The zero-order valence-electron chi connectivity index (χ0n) is 25.0. The summed E-state index contributed by atoms with van der Waals surface area (Å²) >= 11 is 0. The lowest BCUT2D eigenvalue weighted by atomic mass is 9.82. The highest BCUT2D eigenvalue weighted by Gasteiger charge is 2.46. The summed E-state index contributed by atoms with van der Waals surface area (Å²) in [5, 5.41) is 16.9. The molecule has 16 nitrogen and oxygen atoms in total. The number of non-ortho nitro benzene ring substituents is 1. The maximum absolute atomic E-state index is 12.7. The molecule has 3 rings (SSSR count). The molecule has 2 aromatic rings. The number of ether oxygens (including phenoxy) is 5. The zero-order valence-corrected chi connectivity index (χ0v) is 25.0. The molecule has 240 valence electrons. The molecule has 0 aliphatic carbocycles. The quantitative estimate of drug-likeness (QED) is 0.0442. The summed E-state index contributed by atoms with van der Waals surface area (Å²) < 4.78 is 27.8. The molecule has 1 heterocycles. The number of hydrogen-bond acceptors (Lipinski definition) is 12. The Morgan fingerprint density at radius 3 is 2.42 bits per heavy atom. The smallest absolute Gasteiger partial charge is 0.459 e. The topological polar surface area (TPSA) is 218 Å². The predicted molar refractivity (Wildman–Crippen MR) is 156 cm³/mol. The van der Waals surface area contributed by atoms with Crippen LogP contribution in [0.2, 0.25) is 0 Å². The van der Waals surface area contributed by atoms with E-state index in [-0.39, 0.29) is 66.5 Å². The molecule has 1 aliphatic rings. The average Bonchev–Trinajstić information content (AvgIpc) is 2.98. The highest BCUT2D eigenvalue weighted by Crippen LogP contribution is 2.36. The van der Waals surface area contributed by atoms with Gasteiger partial charge in [0.1, 0.15) is 24.2 Å². The number of esters is 1. The Kier molecular flexibility index (Phi) is 12.2. The third-order valence-electron chi connectivity index (χ3n) is 6.97. The third kappa shape index (κ3) is 9.91. The first-order valence-corrected chi connectivity index (χ1v) is 13.9. The van der Waals surface area contributed by atoms with Gasteiger partial charge in [0.25, 0.3) is 5.69 Å². The number of anilines is 1. The van der Waals surface area contributed by atoms with Gasteiger partial charge in [-0.1, -0.05) is 25.0 Å². The van der Waals surface area contributed by atoms with Gasteiger partial charge in [0.05, 0.1) is 10.6 Å². The van der Waals surface area contributed by atoms with E-state index < -0.39 is 41.5 Å². The number of azide groups is 1. The van der Waals surface area contributed by atoms with Gasteiger partial charge in [-0.2, -0.15) is 0 Å². The van der Waals surface area contributed by atoms with Crippen LogP contribution in [0, 0.1) is 22.0 Å². The van der Waals surface area contributed by atoms with E-state index in [4.69, 9.17) is 29.2 Å². The molecule has 45 heavy (non-hydrogen) atoms. The van der Waals surface area contributed by atoms with Crippen molar-refractivity contribution in [2.24, 2.45) is 17.0 Å². The second-order valence-corrected chi connectivity index (χ2v) is 10.3. The molecule has 0 aromatic heterocycles. The minimum absolute atomic E-state index is 0.0116. The Bertz CT molecular complexity index is 1460. The van der Waals surface area contributed by atoms with Crippen molar-refractivity contribution in [2.45, 2.75) is 65.6 Å². The number of nitro benzene ring substituents is 1. The van der Waals surface area contributed by atoms with Crippen molar-refractivity contribution in [3.05, 3.63) is 68.6 Å². The zero-order chi connectivity index (χ0) is 33.1. The number of nitrogens with one attached hydrogen (secondary N) is 1. The molecule has 1 fully saturated rings. The molecular formula is C29H33N5O11. The normalized spacial score (nSPS) is 20.6. The maximum Gasteiger partial charge on any atom is 0.514 e. The van der Waals surface area contributed by atoms with Crippen molar-refractivity contribution in [1.82, 2.24) is 0 Å². The molecule has 0 radical (unpaired) electrons. The van der Waals surface area contributed by atoms with E-state index in [1.165, 1.54) is 50.2 Å². The summed E-state index contributed by atoms with van der Waals surface area (Å²) in [5.74, 6) is -1.70. The van der Waals surface area contributed by atoms with Crippen LogP contribution < -0.4 is 14.8 Å². The van der Waals surface area contributed by atoms with Crippen molar-refractivity contribution < 1.29 is 47.8 Å². The molecule has 1 aliphatic heterocycles. The lowest BCUT2D eigenvalue weighted by Gasteiger charge is -2.42. The van der Waals surface area contributed by atoms with Gasteiger partial charge in [0.15, 0.2) is 11.9 Å². The van der Waals surface area contributed by atoms with Crippen molar-refractivity contribution in [1.29, 1.82) is 0 Å². The van der Waals surface area contributed by atoms with Gasteiger partial charge in [-0.15, -0.1) is 0 Å². The van der Waals surface area contributed by atoms with Gasteiger partial charge in [-0.25, -0.2) is 4.79 Å². The second-order valence-electron chi connectivity index (χ2n) is 10.3. The number of benzene rings is 2. The Hall–Kier alpha value is -5.21.